The molecular formula is C17H30IN3O3. The summed E-state index contributed by atoms with van der Waals surface area (Å²) in [4.78, 5) is 4.32. The lowest BCUT2D eigenvalue weighted by Crippen LogP contribution is -2.33. The molecule has 0 radical (unpaired) electrons. The molecule has 0 heterocycles. The predicted molar refractivity (Wildman–Crippen MR) is 109 cm³/mol. The molecule has 0 unspecified atom stereocenters. The number of halogens is 1. The summed E-state index contributed by atoms with van der Waals surface area (Å²) in [6.07, 6.45) is 2.77. The molecule has 0 saturated carbocycles. The molecule has 7 heteroatoms. The second-order valence-corrected chi connectivity index (χ2v) is 5.04. The van der Waals surface area contributed by atoms with Crippen LogP contribution in [0, 0.1) is 0 Å². The highest BCUT2D eigenvalue weighted by molar-refractivity contribution is 14.0. The van der Waals surface area contributed by atoms with Crippen molar-refractivity contribution in [1.29, 1.82) is 0 Å². The Bertz CT molecular complexity index is 484. The Morgan fingerprint density at radius 1 is 1.17 bits per heavy atom. The van der Waals surface area contributed by atoms with Crippen LogP contribution in [0.5, 0.6) is 11.5 Å². The first-order valence-electron chi connectivity index (χ1n) is 8.03. The Labute approximate surface area is 162 Å². The number of aliphatic imine (C=N–C) groups is 1. The number of ether oxygens (including phenoxy) is 3. The lowest BCUT2D eigenvalue weighted by molar-refractivity contribution is 0.145. The number of aryl methyl sites for hydroxylation is 1. The van der Waals surface area contributed by atoms with Gasteiger partial charge >= 0.3 is 0 Å². The van der Waals surface area contributed by atoms with E-state index in [0.29, 0.717) is 12.5 Å². The first-order chi connectivity index (χ1) is 11.2. The van der Waals surface area contributed by atoms with Crippen molar-refractivity contribution in [2.24, 2.45) is 10.7 Å². The summed E-state index contributed by atoms with van der Waals surface area (Å²) in [6.45, 7) is 4.96. The van der Waals surface area contributed by atoms with Crippen LogP contribution in [0.25, 0.3) is 0 Å². The highest BCUT2D eigenvalue weighted by Gasteiger charge is 2.04. The maximum Gasteiger partial charge on any atom is 0.188 e. The van der Waals surface area contributed by atoms with Crippen LogP contribution in [-0.2, 0) is 11.2 Å². The van der Waals surface area contributed by atoms with E-state index in [2.05, 4.69) is 10.3 Å². The maximum absolute atomic E-state index is 5.81. The van der Waals surface area contributed by atoms with E-state index in [1.54, 1.807) is 14.2 Å². The van der Waals surface area contributed by atoms with Gasteiger partial charge in [0.05, 0.1) is 14.2 Å². The largest absolute Gasteiger partial charge is 0.493 e. The number of nitrogens with zero attached hydrogens (tertiary/aromatic N) is 1. The van der Waals surface area contributed by atoms with Crippen LogP contribution in [0.4, 0.5) is 0 Å². The molecule has 0 saturated heterocycles. The number of hydrogen-bond donors (Lipinski definition) is 2. The Morgan fingerprint density at radius 2 is 1.92 bits per heavy atom. The van der Waals surface area contributed by atoms with Gasteiger partial charge in [0.15, 0.2) is 17.5 Å². The number of guanidine groups is 1. The Kier molecular flexibility index (Phi) is 13.4. The molecule has 1 aromatic carbocycles. The van der Waals surface area contributed by atoms with Crippen molar-refractivity contribution in [2.75, 3.05) is 40.5 Å². The lowest BCUT2D eigenvalue weighted by atomic mass is 10.1. The topological polar surface area (TPSA) is 78.1 Å². The zero-order chi connectivity index (χ0) is 16.9. The molecule has 6 nitrogen and oxygen atoms in total. The van der Waals surface area contributed by atoms with Gasteiger partial charge in [0.25, 0.3) is 0 Å². The summed E-state index contributed by atoms with van der Waals surface area (Å²) in [5.41, 5.74) is 7.01. The van der Waals surface area contributed by atoms with Gasteiger partial charge in [-0.25, -0.2) is 0 Å². The molecule has 0 aliphatic carbocycles. The smallest absolute Gasteiger partial charge is 0.188 e. The average Bonchev–Trinajstić information content (AvgIpc) is 2.58. The van der Waals surface area contributed by atoms with Crippen molar-refractivity contribution >= 4 is 29.9 Å². The Balaban J connectivity index is 0.00000529. The van der Waals surface area contributed by atoms with Crippen LogP contribution in [0.15, 0.2) is 23.2 Å². The fourth-order valence-electron chi connectivity index (χ4n) is 2.11. The molecular weight excluding hydrogens is 421 g/mol. The Morgan fingerprint density at radius 3 is 2.58 bits per heavy atom. The first kappa shape index (κ1) is 22.8. The molecule has 0 aliphatic heterocycles. The van der Waals surface area contributed by atoms with E-state index in [-0.39, 0.29) is 24.0 Å². The van der Waals surface area contributed by atoms with Crippen molar-refractivity contribution in [3.63, 3.8) is 0 Å². The van der Waals surface area contributed by atoms with Gasteiger partial charge in [0.1, 0.15) is 0 Å². The van der Waals surface area contributed by atoms with Crippen LogP contribution in [0.3, 0.4) is 0 Å². The predicted octanol–water partition coefficient (Wildman–Crippen LogP) is 2.59. The molecule has 0 aromatic heterocycles. The molecule has 24 heavy (non-hydrogen) atoms. The van der Waals surface area contributed by atoms with Gasteiger partial charge in [-0.15, -0.1) is 24.0 Å². The first-order valence-corrected chi connectivity index (χ1v) is 8.03. The van der Waals surface area contributed by atoms with E-state index in [0.717, 1.165) is 50.5 Å². The summed E-state index contributed by atoms with van der Waals surface area (Å²) >= 11 is 0. The summed E-state index contributed by atoms with van der Waals surface area (Å²) in [5.74, 6) is 1.99. The molecule has 1 rings (SSSR count). The Hall–Kier alpha value is -1.22. The van der Waals surface area contributed by atoms with E-state index in [9.17, 15) is 0 Å². The number of nitrogens with one attached hydrogen (secondary N) is 1. The third-order valence-electron chi connectivity index (χ3n) is 3.33. The van der Waals surface area contributed by atoms with Crippen molar-refractivity contribution in [3.05, 3.63) is 23.8 Å². The third kappa shape index (κ3) is 9.17. The number of methoxy groups -OCH3 is 2. The van der Waals surface area contributed by atoms with E-state index in [1.807, 2.05) is 25.1 Å². The molecule has 0 spiro atoms. The van der Waals surface area contributed by atoms with Gasteiger partial charge < -0.3 is 25.3 Å². The zero-order valence-corrected chi connectivity index (χ0v) is 17.2. The fourth-order valence-corrected chi connectivity index (χ4v) is 2.11. The summed E-state index contributed by atoms with van der Waals surface area (Å²) in [6, 6.07) is 5.96. The van der Waals surface area contributed by atoms with Crippen LogP contribution in [0.1, 0.15) is 25.3 Å². The highest BCUT2D eigenvalue weighted by Crippen LogP contribution is 2.27. The van der Waals surface area contributed by atoms with Crippen molar-refractivity contribution in [2.45, 2.75) is 26.2 Å². The minimum absolute atomic E-state index is 0. The van der Waals surface area contributed by atoms with Crippen molar-refractivity contribution < 1.29 is 14.2 Å². The lowest BCUT2D eigenvalue weighted by Gasteiger charge is -2.09. The van der Waals surface area contributed by atoms with Gasteiger partial charge in [0, 0.05) is 26.3 Å². The molecule has 138 valence electrons. The van der Waals surface area contributed by atoms with Gasteiger partial charge in [0.2, 0.25) is 0 Å². The molecule has 0 fully saturated rings. The van der Waals surface area contributed by atoms with Crippen molar-refractivity contribution in [1.82, 2.24) is 5.32 Å². The monoisotopic (exact) mass is 451 g/mol. The maximum atomic E-state index is 5.81. The number of rotatable bonds is 11. The number of benzene rings is 1. The van der Waals surface area contributed by atoms with E-state index in [1.165, 1.54) is 5.56 Å². The quantitative estimate of drug-likeness (QED) is 0.234. The minimum Gasteiger partial charge on any atom is -0.493 e. The van der Waals surface area contributed by atoms with E-state index in [4.69, 9.17) is 19.9 Å². The molecule has 0 atom stereocenters. The van der Waals surface area contributed by atoms with Crippen LogP contribution >= 0.6 is 24.0 Å². The van der Waals surface area contributed by atoms with Gasteiger partial charge in [-0.1, -0.05) is 6.07 Å². The minimum atomic E-state index is 0. The van der Waals surface area contributed by atoms with Crippen LogP contribution in [0.2, 0.25) is 0 Å². The summed E-state index contributed by atoms with van der Waals surface area (Å²) in [7, 11) is 3.28. The summed E-state index contributed by atoms with van der Waals surface area (Å²) < 4.78 is 15.8. The van der Waals surface area contributed by atoms with Gasteiger partial charge in [-0.05, 0) is 43.9 Å². The molecule has 0 amide bonds. The van der Waals surface area contributed by atoms with E-state index >= 15 is 0 Å². The number of nitrogens with two attached hydrogens (primary N) is 1. The normalized spacial score (nSPS) is 10.9. The fraction of sp³-hybridized carbons (Fsp3) is 0.588. The molecule has 0 aliphatic rings. The van der Waals surface area contributed by atoms with Crippen molar-refractivity contribution in [3.8, 4) is 11.5 Å². The second-order valence-electron chi connectivity index (χ2n) is 5.04. The summed E-state index contributed by atoms with van der Waals surface area (Å²) in [5, 5.41) is 3.08. The molecule has 0 bridgehead atoms. The number of hydrogen-bond acceptors (Lipinski definition) is 4. The molecule has 1 aromatic rings. The van der Waals surface area contributed by atoms with Gasteiger partial charge in [-0.3, -0.25) is 4.99 Å². The molecule has 3 N–H and O–H groups in total. The standard InChI is InChI=1S/C17H29N3O3.HI/c1-4-23-12-6-11-20-17(18)19-10-5-7-14-8-9-15(21-2)16(13-14)22-3;/h8-9,13H,4-7,10-12H2,1-3H3,(H3,18,19,20);1H. The highest BCUT2D eigenvalue weighted by atomic mass is 127. The third-order valence-corrected chi connectivity index (χ3v) is 3.33. The van der Waals surface area contributed by atoms with Crippen LogP contribution < -0.4 is 20.5 Å². The SMILES string of the molecule is CCOCCCNC(N)=NCCCc1ccc(OC)c(OC)c1.I. The second kappa shape index (κ2) is 14.2. The average molecular weight is 451 g/mol. The van der Waals surface area contributed by atoms with Crippen LogP contribution in [-0.4, -0.2) is 46.5 Å². The zero-order valence-electron chi connectivity index (χ0n) is 14.8. The van der Waals surface area contributed by atoms with E-state index < -0.39 is 0 Å². The van der Waals surface area contributed by atoms with Gasteiger partial charge in [-0.2, -0.15) is 0 Å².